The number of nitrogens with one attached hydrogen (secondary N) is 1. The van der Waals surface area contributed by atoms with Crippen LogP contribution in [-0.2, 0) is 6.42 Å². The van der Waals surface area contributed by atoms with Gasteiger partial charge in [-0.05, 0) is 37.1 Å². The summed E-state index contributed by atoms with van der Waals surface area (Å²) in [7, 11) is 1.62. The Hall–Kier alpha value is -2.10. The normalized spacial score (nSPS) is 10.4. The van der Waals surface area contributed by atoms with Gasteiger partial charge in [0.15, 0.2) is 0 Å². The first kappa shape index (κ1) is 12.4. The number of hydrogen-bond donors (Lipinski definition) is 1. The van der Waals surface area contributed by atoms with E-state index in [1.54, 1.807) is 17.8 Å². The first-order chi connectivity index (χ1) is 8.65. The van der Waals surface area contributed by atoms with Crippen LogP contribution in [0.2, 0.25) is 0 Å². The van der Waals surface area contributed by atoms with Gasteiger partial charge in [-0.2, -0.15) is 5.10 Å². The van der Waals surface area contributed by atoms with Crippen LogP contribution in [0.1, 0.15) is 28.7 Å². The zero-order valence-corrected chi connectivity index (χ0v) is 10.9. The van der Waals surface area contributed by atoms with E-state index in [2.05, 4.69) is 29.5 Å². The number of carbonyl (C=O) groups excluding carboxylic acids is 1. The van der Waals surface area contributed by atoms with Crippen LogP contribution < -0.4 is 5.32 Å². The Bertz CT molecular complexity index is 555. The summed E-state index contributed by atoms with van der Waals surface area (Å²) >= 11 is 0. The van der Waals surface area contributed by atoms with Crippen LogP contribution in [0.5, 0.6) is 0 Å². The highest BCUT2D eigenvalue weighted by atomic mass is 16.1. The van der Waals surface area contributed by atoms with Crippen molar-refractivity contribution in [2.75, 3.05) is 7.05 Å². The molecule has 18 heavy (non-hydrogen) atoms. The van der Waals surface area contributed by atoms with Crippen molar-refractivity contribution >= 4 is 5.91 Å². The second kappa shape index (κ2) is 5.04. The predicted octanol–water partition coefficient (Wildman–Crippen LogP) is 2.10. The maximum atomic E-state index is 11.8. The van der Waals surface area contributed by atoms with Crippen LogP contribution in [0.3, 0.4) is 0 Å². The van der Waals surface area contributed by atoms with Crippen LogP contribution in [0, 0.1) is 6.92 Å². The molecule has 0 aliphatic heterocycles. The summed E-state index contributed by atoms with van der Waals surface area (Å²) < 4.78 is 1.67. The molecule has 4 nitrogen and oxygen atoms in total. The molecular formula is C14H17N3O. The fourth-order valence-electron chi connectivity index (χ4n) is 1.86. The van der Waals surface area contributed by atoms with E-state index in [-0.39, 0.29) is 5.91 Å². The van der Waals surface area contributed by atoms with Crippen molar-refractivity contribution < 1.29 is 4.79 Å². The SMILES string of the molecule is CCc1ccc(-n2nc(C)cc2C(=O)NC)cc1. The summed E-state index contributed by atoms with van der Waals surface area (Å²) in [4.78, 5) is 11.8. The minimum Gasteiger partial charge on any atom is -0.354 e. The van der Waals surface area contributed by atoms with Crippen LogP contribution in [0.15, 0.2) is 30.3 Å². The monoisotopic (exact) mass is 243 g/mol. The Labute approximate surface area is 107 Å². The number of aryl methyl sites for hydroxylation is 2. The lowest BCUT2D eigenvalue weighted by atomic mass is 10.1. The van der Waals surface area contributed by atoms with Gasteiger partial charge in [0.2, 0.25) is 0 Å². The molecule has 4 heteroatoms. The van der Waals surface area contributed by atoms with Crippen molar-refractivity contribution in [1.29, 1.82) is 0 Å². The van der Waals surface area contributed by atoms with E-state index in [0.29, 0.717) is 5.69 Å². The summed E-state index contributed by atoms with van der Waals surface area (Å²) in [6.07, 6.45) is 1.00. The van der Waals surface area contributed by atoms with Crippen molar-refractivity contribution in [2.24, 2.45) is 0 Å². The summed E-state index contributed by atoms with van der Waals surface area (Å²) in [5.41, 5.74) is 3.55. The van der Waals surface area contributed by atoms with Gasteiger partial charge < -0.3 is 5.32 Å². The molecule has 1 aromatic carbocycles. The number of benzene rings is 1. The van der Waals surface area contributed by atoms with E-state index in [1.165, 1.54) is 5.56 Å². The third-order valence-corrected chi connectivity index (χ3v) is 2.88. The average Bonchev–Trinajstić information content (AvgIpc) is 2.80. The van der Waals surface area contributed by atoms with E-state index in [4.69, 9.17) is 0 Å². The summed E-state index contributed by atoms with van der Waals surface area (Å²) in [5, 5.41) is 6.99. The lowest BCUT2D eigenvalue weighted by molar-refractivity contribution is 0.0955. The van der Waals surface area contributed by atoms with Crippen molar-refractivity contribution in [2.45, 2.75) is 20.3 Å². The second-order valence-corrected chi connectivity index (χ2v) is 4.18. The van der Waals surface area contributed by atoms with Crippen LogP contribution in [0.4, 0.5) is 0 Å². The number of hydrogen-bond acceptors (Lipinski definition) is 2. The van der Waals surface area contributed by atoms with Crippen molar-refractivity contribution in [3.05, 3.63) is 47.3 Å². The molecule has 0 fully saturated rings. The van der Waals surface area contributed by atoms with Gasteiger partial charge in [-0.3, -0.25) is 4.79 Å². The Kier molecular flexibility index (Phi) is 3.46. The smallest absolute Gasteiger partial charge is 0.269 e. The maximum absolute atomic E-state index is 11.8. The van der Waals surface area contributed by atoms with Crippen LogP contribution in [0.25, 0.3) is 5.69 Å². The average molecular weight is 243 g/mol. The molecule has 0 saturated carbocycles. The molecule has 0 saturated heterocycles. The zero-order valence-electron chi connectivity index (χ0n) is 10.9. The number of rotatable bonds is 3. The molecule has 0 radical (unpaired) electrons. The number of aromatic nitrogens is 2. The minimum absolute atomic E-state index is 0.129. The Morgan fingerprint density at radius 3 is 2.56 bits per heavy atom. The van der Waals surface area contributed by atoms with Gasteiger partial charge in [0.1, 0.15) is 5.69 Å². The van der Waals surface area contributed by atoms with E-state index in [0.717, 1.165) is 17.8 Å². The molecule has 0 bridgehead atoms. The molecule has 2 rings (SSSR count). The van der Waals surface area contributed by atoms with E-state index in [9.17, 15) is 4.79 Å². The molecule has 1 aromatic heterocycles. The van der Waals surface area contributed by atoms with Gasteiger partial charge in [-0.15, -0.1) is 0 Å². The van der Waals surface area contributed by atoms with Gasteiger partial charge in [-0.25, -0.2) is 4.68 Å². The summed E-state index contributed by atoms with van der Waals surface area (Å²) in [5.74, 6) is -0.129. The fourth-order valence-corrected chi connectivity index (χ4v) is 1.86. The van der Waals surface area contributed by atoms with E-state index in [1.807, 2.05) is 19.1 Å². The molecule has 1 heterocycles. The molecule has 2 aromatic rings. The molecule has 0 aliphatic rings. The van der Waals surface area contributed by atoms with Gasteiger partial charge in [-0.1, -0.05) is 19.1 Å². The molecule has 0 unspecified atom stereocenters. The summed E-state index contributed by atoms with van der Waals surface area (Å²) in [6, 6.07) is 9.86. The first-order valence-corrected chi connectivity index (χ1v) is 6.03. The van der Waals surface area contributed by atoms with Gasteiger partial charge in [0.25, 0.3) is 5.91 Å². The quantitative estimate of drug-likeness (QED) is 0.897. The molecular weight excluding hydrogens is 226 g/mol. The maximum Gasteiger partial charge on any atom is 0.269 e. The largest absolute Gasteiger partial charge is 0.354 e. The fraction of sp³-hybridized carbons (Fsp3) is 0.286. The highest BCUT2D eigenvalue weighted by Crippen LogP contribution is 2.14. The third-order valence-electron chi connectivity index (χ3n) is 2.88. The van der Waals surface area contributed by atoms with Crippen molar-refractivity contribution in [3.63, 3.8) is 0 Å². The lowest BCUT2D eigenvalue weighted by Crippen LogP contribution is -2.21. The highest BCUT2D eigenvalue weighted by molar-refractivity contribution is 5.93. The summed E-state index contributed by atoms with van der Waals surface area (Å²) in [6.45, 7) is 3.99. The number of carbonyl (C=O) groups is 1. The zero-order chi connectivity index (χ0) is 13.1. The topological polar surface area (TPSA) is 46.9 Å². The molecule has 94 valence electrons. The van der Waals surface area contributed by atoms with Crippen LogP contribution in [-0.4, -0.2) is 22.7 Å². The Morgan fingerprint density at radius 2 is 2.00 bits per heavy atom. The highest BCUT2D eigenvalue weighted by Gasteiger charge is 2.13. The van der Waals surface area contributed by atoms with E-state index >= 15 is 0 Å². The molecule has 0 aliphatic carbocycles. The van der Waals surface area contributed by atoms with Gasteiger partial charge in [0.05, 0.1) is 11.4 Å². The van der Waals surface area contributed by atoms with E-state index < -0.39 is 0 Å². The predicted molar refractivity (Wildman–Crippen MR) is 71.1 cm³/mol. The standard InChI is InChI=1S/C14H17N3O/c1-4-11-5-7-12(8-6-11)17-13(14(18)15-3)9-10(2)16-17/h5-9H,4H2,1-3H3,(H,15,18). The van der Waals surface area contributed by atoms with Gasteiger partial charge >= 0.3 is 0 Å². The Morgan fingerprint density at radius 1 is 1.33 bits per heavy atom. The molecule has 0 atom stereocenters. The number of amides is 1. The van der Waals surface area contributed by atoms with Crippen molar-refractivity contribution in [1.82, 2.24) is 15.1 Å². The van der Waals surface area contributed by atoms with Gasteiger partial charge in [0, 0.05) is 7.05 Å². The lowest BCUT2D eigenvalue weighted by Gasteiger charge is -2.07. The Balaban J connectivity index is 2.45. The minimum atomic E-state index is -0.129. The van der Waals surface area contributed by atoms with Crippen molar-refractivity contribution in [3.8, 4) is 5.69 Å². The second-order valence-electron chi connectivity index (χ2n) is 4.18. The molecule has 1 amide bonds. The molecule has 1 N–H and O–H groups in total. The molecule has 0 spiro atoms. The van der Waals surface area contributed by atoms with Crippen LogP contribution >= 0.6 is 0 Å². The number of nitrogens with zero attached hydrogens (tertiary/aromatic N) is 2. The first-order valence-electron chi connectivity index (χ1n) is 6.03. The third kappa shape index (κ3) is 2.27.